The molecule has 0 amide bonds. The predicted molar refractivity (Wildman–Crippen MR) is 74.4 cm³/mol. The molecule has 2 rings (SSSR count). The predicted octanol–water partition coefficient (Wildman–Crippen LogP) is 3.41. The highest BCUT2D eigenvalue weighted by Crippen LogP contribution is 2.42. The SMILES string of the molecule is CC(C)(C)C1CCC(c2noc(CCC(=O)O)n2)CC1. The number of carboxylic acids is 1. The van der Waals surface area contributed by atoms with Crippen molar-refractivity contribution in [2.45, 2.75) is 65.2 Å². The van der Waals surface area contributed by atoms with Crippen molar-refractivity contribution in [3.8, 4) is 0 Å². The molecule has 5 nitrogen and oxygen atoms in total. The molecule has 1 aliphatic carbocycles. The molecule has 1 aliphatic rings. The Hall–Kier alpha value is -1.39. The van der Waals surface area contributed by atoms with Gasteiger partial charge in [-0.25, -0.2) is 0 Å². The Labute approximate surface area is 119 Å². The van der Waals surface area contributed by atoms with E-state index in [2.05, 4.69) is 30.9 Å². The van der Waals surface area contributed by atoms with E-state index >= 15 is 0 Å². The fourth-order valence-corrected chi connectivity index (χ4v) is 2.97. The molecule has 0 saturated heterocycles. The van der Waals surface area contributed by atoms with Gasteiger partial charge in [0.1, 0.15) is 0 Å². The number of aryl methyl sites for hydroxylation is 1. The number of aliphatic carboxylic acids is 1. The molecule has 112 valence electrons. The third-order valence-corrected chi connectivity index (χ3v) is 4.35. The van der Waals surface area contributed by atoms with E-state index in [1.54, 1.807) is 0 Å². The maximum Gasteiger partial charge on any atom is 0.303 e. The van der Waals surface area contributed by atoms with Gasteiger partial charge in [0.15, 0.2) is 5.82 Å². The number of hydrogen-bond acceptors (Lipinski definition) is 4. The molecule has 0 aliphatic heterocycles. The number of nitrogens with zero attached hydrogens (tertiary/aromatic N) is 2. The average molecular weight is 280 g/mol. The van der Waals surface area contributed by atoms with E-state index in [4.69, 9.17) is 9.63 Å². The van der Waals surface area contributed by atoms with Gasteiger partial charge >= 0.3 is 5.97 Å². The minimum Gasteiger partial charge on any atom is -0.481 e. The summed E-state index contributed by atoms with van der Waals surface area (Å²) < 4.78 is 5.14. The Morgan fingerprint density at radius 1 is 1.30 bits per heavy atom. The molecule has 0 aromatic carbocycles. The van der Waals surface area contributed by atoms with Crippen LogP contribution in [0.1, 0.15) is 70.5 Å². The summed E-state index contributed by atoms with van der Waals surface area (Å²) in [5, 5.41) is 12.7. The van der Waals surface area contributed by atoms with Gasteiger partial charge in [0, 0.05) is 12.3 Å². The van der Waals surface area contributed by atoms with E-state index in [0.29, 0.717) is 23.6 Å². The zero-order chi connectivity index (χ0) is 14.8. The Kier molecular flexibility index (Phi) is 4.45. The number of carbonyl (C=O) groups is 1. The first-order valence-corrected chi connectivity index (χ1v) is 7.40. The van der Waals surface area contributed by atoms with E-state index < -0.39 is 5.97 Å². The topological polar surface area (TPSA) is 76.2 Å². The lowest BCUT2D eigenvalue weighted by molar-refractivity contribution is -0.137. The molecule has 1 saturated carbocycles. The zero-order valence-electron chi connectivity index (χ0n) is 12.6. The fourth-order valence-electron chi connectivity index (χ4n) is 2.97. The van der Waals surface area contributed by atoms with Crippen LogP contribution in [0.15, 0.2) is 4.52 Å². The number of hydrogen-bond donors (Lipinski definition) is 1. The molecule has 20 heavy (non-hydrogen) atoms. The standard InChI is InChI=1S/C15H24N2O3/c1-15(2,3)11-6-4-10(5-7-11)14-16-12(20-17-14)8-9-13(18)19/h10-11H,4-9H2,1-3H3,(H,18,19). The lowest BCUT2D eigenvalue weighted by Gasteiger charge is -2.36. The maximum atomic E-state index is 10.5. The van der Waals surface area contributed by atoms with Crippen molar-refractivity contribution in [3.63, 3.8) is 0 Å². The van der Waals surface area contributed by atoms with Crippen LogP contribution in [0.5, 0.6) is 0 Å². The van der Waals surface area contributed by atoms with Gasteiger partial charge in [-0.1, -0.05) is 25.9 Å². The smallest absolute Gasteiger partial charge is 0.303 e. The lowest BCUT2D eigenvalue weighted by atomic mass is 9.70. The quantitative estimate of drug-likeness (QED) is 0.914. The summed E-state index contributed by atoms with van der Waals surface area (Å²) in [4.78, 5) is 14.9. The summed E-state index contributed by atoms with van der Waals surface area (Å²) in [5.41, 5.74) is 0.370. The molecule has 1 fully saturated rings. The summed E-state index contributed by atoms with van der Waals surface area (Å²) >= 11 is 0. The molecule has 0 radical (unpaired) electrons. The number of rotatable bonds is 4. The van der Waals surface area contributed by atoms with Crippen LogP contribution < -0.4 is 0 Å². The van der Waals surface area contributed by atoms with Gasteiger partial charge in [-0.15, -0.1) is 0 Å². The first-order valence-electron chi connectivity index (χ1n) is 7.40. The summed E-state index contributed by atoms with van der Waals surface area (Å²) in [6.45, 7) is 6.91. The van der Waals surface area contributed by atoms with Gasteiger partial charge in [-0.3, -0.25) is 4.79 Å². The third kappa shape index (κ3) is 3.81. The second kappa shape index (κ2) is 5.94. The summed E-state index contributed by atoms with van der Waals surface area (Å²) in [7, 11) is 0. The molecule has 1 heterocycles. The van der Waals surface area contributed by atoms with Gasteiger partial charge < -0.3 is 9.63 Å². The van der Waals surface area contributed by atoms with Crippen LogP contribution in [0.3, 0.4) is 0 Å². The highest BCUT2D eigenvalue weighted by molar-refractivity contribution is 5.66. The molecule has 0 bridgehead atoms. The van der Waals surface area contributed by atoms with Crippen molar-refractivity contribution >= 4 is 5.97 Å². The van der Waals surface area contributed by atoms with Crippen molar-refractivity contribution < 1.29 is 14.4 Å². The van der Waals surface area contributed by atoms with Crippen molar-refractivity contribution in [1.29, 1.82) is 0 Å². The summed E-state index contributed by atoms with van der Waals surface area (Å²) in [6, 6.07) is 0. The van der Waals surface area contributed by atoms with Gasteiger partial charge in [-0.05, 0) is 37.0 Å². The highest BCUT2D eigenvalue weighted by atomic mass is 16.5. The maximum absolute atomic E-state index is 10.5. The lowest BCUT2D eigenvalue weighted by Crippen LogP contribution is -2.25. The Morgan fingerprint density at radius 3 is 2.50 bits per heavy atom. The van der Waals surface area contributed by atoms with Crippen LogP contribution >= 0.6 is 0 Å². The molecule has 1 aromatic rings. The second-order valence-electron chi connectivity index (χ2n) is 6.85. The van der Waals surface area contributed by atoms with Gasteiger partial charge in [0.25, 0.3) is 0 Å². The van der Waals surface area contributed by atoms with Crippen molar-refractivity contribution in [2.24, 2.45) is 11.3 Å². The van der Waals surface area contributed by atoms with Gasteiger partial charge in [0.2, 0.25) is 5.89 Å². The van der Waals surface area contributed by atoms with Crippen LogP contribution in [0.25, 0.3) is 0 Å². The Morgan fingerprint density at radius 2 is 1.95 bits per heavy atom. The van der Waals surface area contributed by atoms with Crippen molar-refractivity contribution in [2.75, 3.05) is 0 Å². The van der Waals surface area contributed by atoms with Gasteiger partial charge in [-0.2, -0.15) is 4.98 Å². The minimum absolute atomic E-state index is 0.0401. The molecule has 0 spiro atoms. The molecule has 5 heteroatoms. The minimum atomic E-state index is -0.838. The first kappa shape index (κ1) is 15.0. The molecule has 1 N–H and O–H groups in total. The first-order chi connectivity index (χ1) is 9.36. The van der Waals surface area contributed by atoms with E-state index in [9.17, 15) is 4.79 Å². The Balaban J connectivity index is 1.89. The molecule has 0 unspecified atom stereocenters. The summed E-state index contributed by atoms with van der Waals surface area (Å²) in [5.74, 6) is 1.50. The zero-order valence-corrected chi connectivity index (χ0v) is 12.6. The van der Waals surface area contributed by atoms with E-state index in [0.717, 1.165) is 24.6 Å². The molecular formula is C15H24N2O3. The van der Waals surface area contributed by atoms with Crippen LogP contribution in [0, 0.1) is 11.3 Å². The largest absolute Gasteiger partial charge is 0.481 e. The highest BCUT2D eigenvalue weighted by Gasteiger charge is 2.31. The second-order valence-corrected chi connectivity index (χ2v) is 6.85. The Bertz CT molecular complexity index is 454. The van der Waals surface area contributed by atoms with Crippen molar-refractivity contribution in [1.82, 2.24) is 10.1 Å². The number of aromatic nitrogens is 2. The van der Waals surface area contributed by atoms with Crippen LogP contribution in [-0.2, 0) is 11.2 Å². The van der Waals surface area contributed by atoms with Gasteiger partial charge in [0.05, 0.1) is 6.42 Å². The van der Waals surface area contributed by atoms with Crippen LogP contribution in [0.2, 0.25) is 0 Å². The average Bonchev–Trinajstić information content (AvgIpc) is 2.84. The van der Waals surface area contributed by atoms with E-state index in [1.165, 1.54) is 12.8 Å². The summed E-state index contributed by atoms with van der Waals surface area (Å²) in [6.07, 6.45) is 4.96. The van der Waals surface area contributed by atoms with Crippen molar-refractivity contribution in [3.05, 3.63) is 11.7 Å². The van der Waals surface area contributed by atoms with E-state index in [1.807, 2.05) is 0 Å². The molecular weight excluding hydrogens is 256 g/mol. The molecule has 0 atom stereocenters. The van der Waals surface area contributed by atoms with Crippen LogP contribution in [-0.4, -0.2) is 21.2 Å². The third-order valence-electron chi connectivity index (χ3n) is 4.35. The van der Waals surface area contributed by atoms with Crippen LogP contribution in [0.4, 0.5) is 0 Å². The molecule has 1 aromatic heterocycles. The normalized spacial score (nSPS) is 23.8. The number of carboxylic acid groups (broad SMARTS) is 1. The van der Waals surface area contributed by atoms with E-state index in [-0.39, 0.29) is 6.42 Å². The monoisotopic (exact) mass is 280 g/mol. The fraction of sp³-hybridized carbons (Fsp3) is 0.800.